The number of anilines is 2. The van der Waals surface area contributed by atoms with Crippen LogP contribution in [-0.2, 0) is 11.3 Å². The third kappa shape index (κ3) is 5.98. The summed E-state index contributed by atoms with van der Waals surface area (Å²) in [5.41, 5.74) is 4.89. The zero-order chi connectivity index (χ0) is 22.4. The number of rotatable bonds is 9. The minimum absolute atomic E-state index is 0.00941. The zero-order valence-electron chi connectivity index (χ0n) is 17.8. The van der Waals surface area contributed by atoms with Crippen molar-refractivity contribution in [2.24, 2.45) is 11.8 Å². The number of nitrogens with two attached hydrogens (primary N) is 1. The van der Waals surface area contributed by atoms with Gasteiger partial charge in [0, 0.05) is 30.2 Å². The molecule has 30 heavy (non-hydrogen) atoms. The molecule has 0 aliphatic heterocycles. The molecule has 2 rings (SSSR count). The van der Waals surface area contributed by atoms with Crippen LogP contribution in [0, 0.1) is 17.7 Å². The number of carbonyl (C=O) groups is 1. The average Bonchev–Trinajstić information content (AvgIpc) is 2.65. The van der Waals surface area contributed by atoms with Crippen molar-refractivity contribution in [1.29, 1.82) is 0 Å². The maximum Gasteiger partial charge on any atom is 0.330 e. The van der Waals surface area contributed by atoms with Crippen LogP contribution in [0.15, 0.2) is 38.8 Å². The number of aromatic nitrogens is 2. The third-order valence-corrected chi connectivity index (χ3v) is 5.34. The molecule has 1 heterocycles. The summed E-state index contributed by atoms with van der Waals surface area (Å²) in [4.78, 5) is 41.9. The molecule has 164 valence electrons. The monoisotopic (exact) mass is 436 g/mol. The number of amides is 1. The Hall–Kier alpha value is -2.55. The number of carbonyl (C=O) groups excluding carboxylic acids is 1. The van der Waals surface area contributed by atoms with Crippen LogP contribution in [-0.4, -0.2) is 27.8 Å². The topological polar surface area (TPSA) is 101 Å². The molecule has 0 unspecified atom stereocenters. The Kier molecular flexibility index (Phi) is 8.28. The molecule has 0 spiro atoms. The SMILES string of the molecule is CC(C)CN(C(=O)CCSc1ccccc1F)c1c(N)n(CC(C)C)c(=O)[nH]c1=O. The number of hydrogen-bond donors (Lipinski definition) is 2. The van der Waals surface area contributed by atoms with Gasteiger partial charge < -0.3 is 10.6 Å². The van der Waals surface area contributed by atoms with Gasteiger partial charge in [0.2, 0.25) is 5.91 Å². The molecule has 7 nitrogen and oxygen atoms in total. The lowest BCUT2D eigenvalue weighted by Crippen LogP contribution is -2.43. The van der Waals surface area contributed by atoms with E-state index in [9.17, 15) is 18.8 Å². The summed E-state index contributed by atoms with van der Waals surface area (Å²) in [5.74, 6) is -0.131. The van der Waals surface area contributed by atoms with Crippen molar-refractivity contribution in [3.05, 3.63) is 50.9 Å². The normalized spacial score (nSPS) is 11.3. The number of aromatic amines is 1. The maximum atomic E-state index is 13.8. The third-order valence-electron chi connectivity index (χ3n) is 4.29. The molecule has 9 heteroatoms. The first-order chi connectivity index (χ1) is 14.1. The maximum absolute atomic E-state index is 13.8. The lowest BCUT2D eigenvalue weighted by molar-refractivity contribution is -0.118. The first-order valence-electron chi connectivity index (χ1n) is 9.92. The van der Waals surface area contributed by atoms with Crippen LogP contribution in [0.4, 0.5) is 15.9 Å². The van der Waals surface area contributed by atoms with E-state index >= 15 is 0 Å². The van der Waals surface area contributed by atoms with Crippen molar-refractivity contribution in [2.75, 3.05) is 22.9 Å². The van der Waals surface area contributed by atoms with Crippen molar-refractivity contribution in [2.45, 2.75) is 45.6 Å². The van der Waals surface area contributed by atoms with Gasteiger partial charge in [-0.3, -0.25) is 19.1 Å². The fourth-order valence-electron chi connectivity index (χ4n) is 3.01. The number of nitrogens with one attached hydrogen (secondary N) is 1. The van der Waals surface area contributed by atoms with Gasteiger partial charge in [-0.25, -0.2) is 9.18 Å². The van der Waals surface area contributed by atoms with Crippen molar-refractivity contribution in [1.82, 2.24) is 9.55 Å². The first-order valence-corrected chi connectivity index (χ1v) is 10.9. The number of nitrogens with zero attached hydrogens (tertiary/aromatic N) is 2. The summed E-state index contributed by atoms with van der Waals surface area (Å²) in [5, 5.41) is 0. The van der Waals surface area contributed by atoms with Crippen molar-refractivity contribution >= 4 is 29.2 Å². The summed E-state index contributed by atoms with van der Waals surface area (Å²) in [7, 11) is 0. The molecule has 0 radical (unpaired) electrons. The van der Waals surface area contributed by atoms with Gasteiger partial charge in [-0.15, -0.1) is 11.8 Å². The molecule has 0 fully saturated rings. The van der Waals surface area contributed by atoms with E-state index < -0.39 is 11.2 Å². The molecule has 1 amide bonds. The number of halogens is 1. The van der Waals surface area contributed by atoms with Crippen LogP contribution in [0.25, 0.3) is 0 Å². The van der Waals surface area contributed by atoms with Crippen LogP contribution >= 0.6 is 11.8 Å². The van der Waals surface area contributed by atoms with E-state index in [4.69, 9.17) is 5.73 Å². The zero-order valence-corrected chi connectivity index (χ0v) is 18.6. The van der Waals surface area contributed by atoms with E-state index in [2.05, 4.69) is 4.98 Å². The highest BCUT2D eigenvalue weighted by atomic mass is 32.2. The number of benzene rings is 1. The van der Waals surface area contributed by atoms with Gasteiger partial charge in [-0.2, -0.15) is 0 Å². The lowest BCUT2D eigenvalue weighted by atomic mass is 10.2. The second-order valence-corrected chi connectivity index (χ2v) is 9.06. The van der Waals surface area contributed by atoms with E-state index in [1.54, 1.807) is 18.2 Å². The molecule has 1 aromatic heterocycles. The van der Waals surface area contributed by atoms with Crippen LogP contribution in [0.1, 0.15) is 34.1 Å². The fourth-order valence-corrected chi connectivity index (χ4v) is 3.89. The highest BCUT2D eigenvalue weighted by molar-refractivity contribution is 7.99. The van der Waals surface area contributed by atoms with Gasteiger partial charge >= 0.3 is 5.69 Å². The molecule has 0 bridgehead atoms. The molecule has 0 aliphatic rings. The minimum Gasteiger partial charge on any atom is -0.383 e. The van der Waals surface area contributed by atoms with Gasteiger partial charge in [0.15, 0.2) is 5.69 Å². The second kappa shape index (κ2) is 10.5. The Bertz CT molecular complexity index is 1000. The van der Waals surface area contributed by atoms with Crippen LogP contribution < -0.4 is 21.9 Å². The highest BCUT2D eigenvalue weighted by Gasteiger charge is 2.25. The average molecular weight is 437 g/mol. The molecule has 3 N–H and O–H groups in total. The van der Waals surface area contributed by atoms with Crippen LogP contribution in [0.2, 0.25) is 0 Å². The van der Waals surface area contributed by atoms with Crippen molar-refractivity contribution in [3.63, 3.8) is 0 Å². The molecule has 0 saturated carbocycles. The smallest absolute Gasteiger partial charge is 0.330 e. The fraction of sp³-hybridized carbons (Fsp3) is 0.476. The van der Waals surface area contributed by atoms with E-state index in [1.165, 1.54) is 27.3 Å². The van der Waals surface area contributed by atoms with E-state index in [1.807, 2.05) is 27.7 Å². The Morgan fingerprint density at radius 3 is 2.47 bits per heavy atom. The number of nitrogen functional groups attached to an aromatic ring is 1. The Morgan fingerprint density at radius 1 is 1.20 bits per heavy atom. The Balaban J connectivity index is 2.31. The number of thioether (sulfide) groups is 1. The summed E-state index contributed by atoms with van der Waals surface area (Å²) >= 11 is 1.23. The van der Waals surface area contributed by atoms with Crippen molar-refractivity contribution in [3.8, 4) is 0 Å². The molecule has 0 saturated heterocycles. The van der Waals surface area contributed by atoms with E-state index in [-0.39, 0.29) is 48.0 Å². The van der Waals surface area contributed by atoms with Gasteiger partial charge in [0.25, 0.3) is 5.56 Å². The number of hydrogen-bond acceptors (Lipinski definition) is 5. The lowest BCUT2D eigenvalue weighted by Gasteiger charge is -2.26. The molecule has 0 atom stereocenters. The molecule has 0 aliphatic carbocycles. The molecular formula is C21H29FN4O3S. The standard InChI is InChI=1S/C21H29FN4O3S/c1-13(2)11-25(17(27)9-10-30-16-8-6-5-7-15(16)22)18-19(23)26(12-14(3)4)21(29)24-20(18)28/h5-8,13-14H,9-12,23H2,1-4H3,(H,24,28,29). The van der Waals surface area contributed by atoms with E-state index in [0.717, 1.165) is 0 Å². The number of H-pyrrole nitrogens is 1. The summed E-state index contributed by atoms with van der Waals surface area (Å²) < 4.78 is 15.1. The Morgan fingerprint density at radius 2 is 1.87 bits per heavy atom. The predicted octanol–water partition coefficient (Wildman–Crippen LogP) is 3.09. The van der Waals surface area contributed by atoms with Crippen LogP contribution in [0.5, 0.6) is 0 Å². The molecular weight excluding hydrogens is 407 g/mol. The summed E-state index contributed by atoms with van der Waals surface area (Å²) in [6, 6.07) is 6.36. The summed E-state index contributed by atoms with van der Waals surface area (Å²) in [6.07, 6.45) is 0.0912. The second-order valence-electron chi connectivity index (χ2n) is 7.92. The van der Waals surface area contributed by atoms with Crippen molar-refractivity contribution < 1.29 is 9.18 Å². The van der Waals surface area contributed by atoms with Gasteiger partial charge in [-0.1, -0.05) is 39.8 Å². The van der Waals surface area contributed by atoms with E-state index in [0.29, 0.717) is 17.2 Å². The molecule has 1 aromatic carbocycles. The van der Waals surface area contributed by atoms with Gasteiger partial charge in [0.1, 0.15) is 11.6 Å². The summed E-state index contributed by atoms with van der Waals surface area (Å²) in [6.45, 7) is 8.28. The quantitative estimate of drug-likeness (QED) is 0.588. The molecule has 2 aromatic rings. The van der Waals surface area contributed by atoms with Gasteiger partial charge in [0.05, 0.1) is 0 Å². The Labute approximate surface area is 179 Å². The first kappa shape index (κ1) is 23.7. The van der Waals surface area contributed by atoms with Gasteiger partial charge in [-0.05, 0) is 24.0 Å². The predicted molar refractivity (Wildman–Crippen MR) is 120 cm³/mol. The highest BCUT2D eigenvalue weighted by Crippen LogP contribution is 2.24. The largest absolute Gasteiger partial charge is 0.383 e. The minimum atomic E-state index is -0.687. The van der Waals surface area contributed by atoms with Crippen LogP contribution in [0.3, 0.4) is 0 Å².